The molecule has 4 N–H and O–H groups in total. The number of anilines is 2. The third-order valence-electron chi connectivity index (χ3n) is 1.46. The Kier molecular flexibility index (Phi) is 3.47. The minimum absolute atomic E-state index is 0.0900. The predicted octanol–water partition coefficient (Wildman–Crippen LogP) is -0.130. The Balaban J connectivity index is 2.66. The van der Waals surface area contributed by atoms with E-state index in [0.717, 1.165) is 0 Å². The maximum absolute atomic E-state index is 10.9. The second-order valence-corrected chi connectivity index (χ2v) is 2.86. The van der Waals surface area contributed by atoms with E-state index >= 15 is 0 Å². The SMILES string of the molecule is CNC(=O)CNc1nc(N)ncc1Cl. The van der Waals surface area contributed by atoms with Crippen LogP contribution in [0.3, 0.4) is 0 Å². The largest absolute Gasteiger partial charge is 0.368 e. The molecule has 0 unspecified atom stereocenters. The van der Waals surface area contributed by atoms with Crippen LogP contribution in [-0.4, -0.2) is 29.5 Å². The first-order chi connectivity index (χ1) is 6.63. The molecule has 0 bridgehead atoms. The van der Waals surface area contributed by atoms with Crippen molar-refractivity contribution in [3.63, 3.8) is 0 Å². The van der Waals surface area contributed by atoms with Crippen molar-refractivity contribution in [2.24, 2.45) is 0 Å². The molecule has 1 aromatic rings. The number of nitrogen functional groups attached to an aromatic ring is 1. The highest BCUT2D eigenvalue weighted by atomic mass is 35.5. The zero-order valence-corrected chi connectivity index (χ0v) is 8.30. The summed E-state index contributed by atoms with van der Waals surface area (Å²) >= 11 is 5.75. The summed E-state index contributed by atoms with van der Waals surface area (Å²) < 4.78 is 0. The molecule has 1 heterocycles. The highest BCUT2D eigenvalue weighted by Gasteiger charge is 2.04. The Morgan fingerprint density at radius 3 is 3.07 bits per heavy atom. The molecule has 0 aliphatic rings. The van der Waals surface area contributed by atoms with E-state index in [-0.39, 0.29) is 18.4 Å². The molecule has 0 fully saturated rings. The average Bonchev–Trinajstić information content (AvgIpc) is 2.19. The van der Waals surface area contributed by atoms with Crippen LogP contribution in [0, 0.1) is 0 Å². The van der Waals surface area contributed by atoms with Gasteiger partial charge in [-0.2, -0.15) is 4.98 Å². The van der Waals surface area contributed by atoms with Crippen molar-refractivity contribution in [2.45, 2.75) is 0 Å². The molecule has 76 valence electrons. The van der Waals surface area contributed by atoms with Gasteiger partial charge < -0.3 is 16.4 Å². The zero-order chi connectivity index (χ0) is 10.6. The van der Waals surface area contributed by atoms with Crippen LogP contribution >= 0.6 is 11.6 Å². The highest BCUT2D eigenvalue weighted by Crippen LogP contribution is 2.17. The fourth-order valence-corrected chi connectivity index (χ4v) is 0.915. The van der Waals surface area contributed by atoms with Crippen LogP contribution in [0.25, 0.3) is 0 Å². The smallest absolute Gasteiger partial charge is 0.239 e. The van der Waals surface area contributed by atoms with Crippen molar-refractivity contribution in [2.75, 3.05) is 24.6 Å². The summed E-state index contributed by atoms with van der Waals surface area (Å²) in [5.74, 6) is 0.287. The number of rotatable bonds is 3. The molecule has 0 aliphatic heterocycles. The van der Waals surface area contributed by atoms with Gasteiger partial charge in [-0.3, -0.25) is 4.79 Å². The van der Waals surface area contributed by atoms with Crippen molar-refractivity contribution in [3.8, 4) is 0 Å². The van der Waals surface area contributed by atoms with Gasteiger partial charge in [-0.25, -0.2) is 4.98 Å². The number of hydrogen-bond acceptors (Lipinski definition) is 5. The van der Waals surface area contributed by atoms with Gasteiger partial charge in [-0.15, -0.1) is 0 Å². The van der Waals surface area contributed by atoms with Gasteiger partial charge in [-0.05, 0) is 0 Å². The van der Waals surface area contributed by atoms with Crippen molar-refractivity contribution < 1.29 is 4.79 Å². The van der Waals surface area contributed by atoms with E-state index in [4.69, 9.17) is 17.3 Å². The number of hydrogen-bond donors (Lipinski definition) is 3. The van der Waals surface area contributed by atoms with Crippen molar-refractivity contribution in [1.29, 1.82) is 0 Å². The van der Waals surface area contributed by atoms with Gasteiger partial charge in [-0.1, -0.05) is 11.6 Å². The van der Waals surface area contributed by atoms with Crippen LogP contribution in [0.1, 0.15) is 0 Å². The lowest BCUT2D eigenvalue weighted by Gasteiger charge is -2.05. The van der Waals surface area contributed by atoms with Gasteiger partial charge in [0, 0.05) is 7.05 Å². The summed E-state index contributed by atoms with van der Waals surface area (Å²) in [6.07, 6.45) is 1.37. The normalized spacial score (nSPS) is 9.57. The van der Waals surface area contributed by atoms with E-state index < -0.39 is 0 Å². The number of aromatic nitrogens is 2. The topological polar surface area (TPSA) is 92.9 Å². The molecular weight excluding hydrogens is 206 g/mol. The van der Waals surface area contributed by atoms with Gasteiger partial charge in [0.15, 0.2) is 5.82 Å². The van der Waals surface area contributed by atoms with Crippen LogP contribution in [0.2, 0.25) is 5.02 Å². The van der Waals surface area contributed by atoms with Crippen molar-refractivity contribution in [1.82, 2.24) is 15.3 Å². The summed E-state index contributed by atoms with van der Waals surface area (Å²) in [5, 5.41) is 5.50. The minimum Gasteiger partial charge on any atom is -0.368 e. The van der Waals surface area contributed by atoms with Crippen LogP contribution in [0.5, 0.6) is 0 Å². The third-order valence-corrected chi connectivity index (χ3v) is 1.73. The molecule has 0 aromatic carbocycles. The zero-order valence-electron chi connectivity index (χ0n) is 7.54. The van der Waals surface area contributed by atoms with Crippen molar-refractivity contribution >= 4 is 29.3 Å². The molecule has 0 saturated heterocycles. The van der Waals surface area contributed by atoms with Crippen LogP contribution < -0.4 is 16.4 Å². The van der Waals surface area contributed by atoms with Gasteiger partial charge >= 0.3 is 0 Å². The van der Waals surface area contributed by atoms with Gasteiger partial charge in [0.05, 0.1) is 12.7 Å². The Morgan fingerprint density at radius 2 is 2.43 bits per heavy atom. The van der Waals surface area contributed by atoms with Crippen LogP contribution in [0.15, 0.2) is 6.20 Å². The molecule has 1 rings (SSSR count). The molecule has 14 heavy (non-hydrogen) atoms. The second kappa shape index (κ2) is 4.61. The van der Waals surface area contributed by atoms with E-state index in [2.05, 4.69) is 20.6 Å². The first kappa shape index (κ1) is 10.5. The fraction of sp³-hybridized carbons (Fsp3) is 0.286. The number of carbonyl (C=O) groups is 1. The molecule has 0 spiro atoms. The Labute approximate surface area is 85.9 Å². The molecule has 7 heteroatoms. The summed E-state index contributed by atoms with van der Waals surface area (Å²) in [5.41, 5.74) is 5.34. The number of likely N-dealkylation sites (N-methyl/N-ethyl adjacent to an activating group) is 1. The first-order valence-corrected chi connectivity index (χ1v) is 4.23. The number of halogens is 1. The van der Waals surface area contributed by atoms with E-state index in [1.807, 2.05) is 0 Å². The quantitative estimate of drug-likeness (QED) is 0.653. The van der Waals surface area contributed by atoms with Gasteiger partial charge in [0.1, 0.15) is 5.02 Å². The molecular formula is C7H10ClN5O. The Morgan fingerprint density at radius 1 is 1.71 bits per heavy atom. The molecule has 1 amide bonds. The maximum atomic E-state index is 10.9. The number of amides is 1. The monoisotopic (exact) mass is 215 g/mol. The third kappa shape index (κ3) is 2.74. The van der Waals surface area contributed by atoms with E-state index in [0.29, 0.717) is 10.8 Å². The molecule has 0 saturated carbocycles. The average molecular weight is 216 g/mol. The lowest BCUT2D eigenvalue weighted by Crippen LogP contribution is -2.26. The number of nitrogens with zero attached hydrogens (tertiary/aromatic N) is 2. The summed E-state index contributed by atoms with van der Waals surface area (Å²) in [4.78, 5) is 18.4. The molecule has 6 nitrogen and oxygen atoms in total. The maximum Gasteiger partial charge on any atom is 0.239 e. The molecule has 0 atom stereocenters. The van der Waals surface area contributed by atoms with E-state index in [9.17, 15) is 4.79 Å². The standard InChI is InChI=1S/C7H10ClN5O/c1-10-5(14)3-11-6-4(8)2-12-7(9)13-6/h2H,3H2,1H3,(H,10,14)(H3,9,11,12,13). The lowest BCUT2D eigenvalue weighted by atomic mass is 10.5. The summed E-state index contributed by atoms with van der Waals surface area (Å²) in [6, 6.07) is 0. The lowest BCUT2D eigenvalue weighted by molar-refractivity contribution is -0.118. The van der Waals surface area contributed by atoms with Crippen LogP contribution in [0.4, 0.5) is 11.8 Å². The molecule has 1 aromatic heterocycles. The van der Waals surface area contributed by atoms with Crippen molar-refractivity contribution in [3.05, 3.63) is 11.2 Å². The van der Waals surface area contributed by atoms with E-state index in [1.165, 1.54) is 6.20 Å². The predicted molar refractivity (Wildman–Crippen MR) is 54.0 cm³/mol. The Bertz CT molecular complexity index is 343. The van der Waals surface area contributed by atoms with Gasteiger partial charge in [0.2, 0.25) is 11.9 Å². The van der Waals surface area contributed by atoms with Crippen LogP contribution in [-0.2, 0) is 4.79 Å². The van der Waals surface area contributed by atoms with E-state index in [1.54, 1.807) is 7.05 Å². The molecule has 0 aliphatic carbocycles. The summed E-state index contributed by atoms with van der Waals surface area (Å²) in [6.45, 7) is 0.0900. The number of nitrogens with one attached hydrogen (secondary N) is 2. The molecule has 0 radical (unpaired) electrons. The first-order valence-electron chi connectivity index (χ1n) is 3.86. The Hall–Kier alpha value is -1.56. The minimum atomic E-state index is -0.168. The highest BCUT2D eigenvalue weighted by molar-refractivity contribution is 6.32. The number of nitrogens with two attached hydrogens (primary N) is 1. The summed E-state index contributed by atoms with van der Waals surface area (Å²) in [7, 11) is 1.54. The van der Waals surface area contributed by atoms with Gasteiger partial charge in [0.25, 0.3) is 0 Å². The fourth-order valence-electron chi connectivity index (χ4n) is 0.757. The number of carbonyl (C=O) groups excluding carboxylic acids is 1. The second-order valence-electron chi connectivity index (χ2n) is 2.45.